The first-order chi connectivity index (χ1) is 9.90. The monoisotopic (exact) mass is 289 g/mol. The SMILES string of the molecule is c1csc([C@@H]2CN(c3ccc4nnnn4n3)CCO2)n1. The molecule has 1 aliphatic rings. The van der Waals surface area contributed by atoms with E-state index in [0.717, 1.165) is 23.9 Å². The van der Waals surface area contributed by atoms with Gasteiger partial charge >= 0.3 is 0 Å². The van der Waals surface area contributed by atoms with Crippen LogP contribution < -0.4 is 4.90 Å². The number of nitrogens with zero attached hydrogens (tertiary/aromatic N) is 7. The van der Waals surface area contributed by atoms with Crippen LogP contribution in [0.5, 0.6) is 0 Å². The summed E-state index contributed by atoms with van der Waals surface area (Å²) >= 11 is 1.61. The third kappa shape index (κ3) is 2.00. The highest BCUT2D eigenvalue weighted by Crippen LogP contribution is 2.26. The maximum Gasteiger partial charge on any atom is 0.200 e. The minimum absolute atomic E-state index is 0.00452. The molecule has 0 saturated carbocycles. The van der Waals surface area contributed by atoms with E-state index in [0.29, 0.717) is 12.3 Å². The van der Waals surface area contributed by atoms with Crippen LogP contribution in [0.1, 0.15) is 11.1 Å². The quantitative estimate of drug-likeness (QED) is 0.681. The van der Waals surface area contributed by atoms with Gasteiger partial charge in [0.15, 0.2) is 11.5 Å². The van der Waals surface area contributed by atoms with Gasteiger partial charge in [0.2, 0.25) is 0 Å². The number of ether oxygens (including phenoxy) is 1. The van der Waals surface area contributed by atoms with Crippen LogP contribution in [-0.2, 0) is 4.74 Å². The van der Waals surface area contributed by atoms with E-state index in [-0.39, 0.29) is 6.10 Å². The summed E-state index contributed by atoms with van der Waals surface area (Å²) in [6.07, 6.45) is 1.79. The van der Waals surface area contributed by atoms with Crippen molar-refractivity contribution in [3.63, 3.8) is 0 Å². The molecule has 102 valence electrons. The summed E-state index contributed by atoms with van der Waals surface area (Å²) in [4.78, 5) is 6.48. The van der Waals surface area contributed by atoms with E-state index in [4.69, 9.17) is 4.74 Å². The Bertz CT molecular complexity index is 712. The first kappa shape index (κ1) is 11.7. The Kier molecular flexibility index (Phi) is 2.78. The molecule has 3 aromatic rings. The van der Waals surface area contributed by atoms with Gasteiger partial charge in [0.1, 0.15) is 11.1 Å². The van der Waals surface area contributed by atoms with Gasteiger partial charge in [-0.25, -0.2) is 4.98 Å². The summed E-state index contributed by atoms with van der Waals surface area (Å²) in [6.45, 7) is 2.18. The zero-order valence-electron chi connectivity index (χ0n) is 10.5. The van der Waals surface area contributed by atoms with E-state index in [9.17, 15) is 0 Å². The molecule has 20 heavy (non-hydrogen) atoms. The fourth-order valence-corrected chi connectivity index (χ4v) is 2.89. The van der Waals surface area contributed by atoms with Gasteiger partial charge in [0.25, 0.3) is 0 Å². The van der Waals surface area contributed by atoms with Crippen molar-refractivity contribution in [1.29, 1.82) is 0 Å². The second kappa shape index (κ2) is 4.76. The molecule has 0 amide bonds. The average molecular weight is 289 g/mol. The van der Waals surface area contributed by atoms with Gasteiger partial charge in [-0.2, -0.15) is 0 Å². The highest BCUT2D eigenvalue weighted by atomic mass is 32.1. The van der Waals surface area contributed by atoms with E-state index in [1.807, 2.05) is 17.5 Å². The number of thiazole rings is 1. The predicted molar refractivity (Wildman–Crippen MR) is 71.6 cm³/mol. The van der Waals surface area contributed by atoms with E-state index >= 15 is 0 Å². The van der Waals surface area contributed by atoms with Gasteiger partial charge in [-0.15, -0.1) is 26.2 Å². The molecule has 0 aliphatic carbocycles. The molecule has 1 atom stereocenters. The van der Waals surface area contributed by atoms with Gasteiger partial charge in [0.05, 0.1) is 13.2 Å². The number of tetrazole rings is 1. The fraction of sp³-hybridized carbons (Fsp3) is 0.364. The van der Waals surface area contributed by atoms with Crippen molar-refractivity contribution in [2.24, 2.45) is 0 Å². The molecule has 8 nitrogen and oxygen atoms in total. The van der Waals surface area contributed by atoms with Crippen LogP contribution in [0, 0.1) is 0 Å². The van der Waals surface area contributed by atoms with Crippen molar-refractivity contribution in [3.05, 3.63) is 28.7 Å². The lowest BCUT2D eigenvalue weighted by atomic mass is 10.3. The average Bonchev–Trinajstić information content (AvgIpc) is 3.18. The van der Waals surface area contributed by atoms with Gasteiger partial charge < -0.3 is 9.64 Å². The molecule has 4 rings (SSSR count). The van der Waals surface area contributed by atoms with Crippen molar-refractivity contribution in [2.75, 3.05) is 24.6 Å². The number of rotatable bonds is 2. The molecule has 0 bridgehead atoms. The van der Waals surface area contributed by atoms with Crippen molar-refractivity contribution in [1.82, 2.24) is 30.2 Å². The molecule has 0 spiro atoms. The molecule has 0 radical (unpaired) electrons. The topological polar surface area (TPSA) is 81.3 Å². The lowest BCUT2D eigenvalue weighted by Crippen LogP contribution is -2.39. The lowest BCUT2D eigenvalue weighted by molar-refractivity contribution is 0.0393. The van der Waals surface area contributed by atoms with Crippen LogP contribution in [0.2, 0.25) is 0 Å². The first-order valence-electron chi connectivity index (χ1n) is 6.21. The number of aromatic nitrogens is 6. The fourth-order valence-electron chi connectivity index (χ4n) is 2.21. The van der Waals surface area contributed by atoms with Crippen molar-refractivity contribution in [3.8, 4) is 0 Å². The molecule has 1 saturated heterocycles. The summed E-state index contributed by atoms with van der Waals surface area (Å²) in [7, 11) is 0. The Hall–Kier alpha value is -2.13. The van der Waals surface area contributed by atoms with Crippen molar-refractivity contribution < 1.29 is 4.74 Å². The smallest absolute Gasteiger partial charge is 0.200 e. The van der Waals surface area contributed by atoms with Crippen LogP contribution in [0.15, 0.2) is 23.7 Å². The van der Waals surface area contributed by atoms with Crippen LogP contribution in [0.4, 0.5) is 5.82 Å². The Morgan fingerprint density at radius 3 is 3.25 bits per heavy atom. The number of anilines is 1. The number of hydrogen-bond donors (Lipinski definition) is 0. The first-order valence-corrected chi connectivity index (χ1v) is 7.09. The molecular formula is C11H11N7OS. The van der Waals surface area contributed by atoms with Crippen molar-refractivity contribution >= 4 is 22.8 Å². The van der Waals surface area contributed by atoms with Gasteiger partial charge in [-0.3, -0.25) is 0 Å². The lowest BCUT2D eigenvalue weighted by Gasteiger charge is -2.32. The molecular weight excluding hydrogens is 278 g/mol. The standard InChI is InChI=1S/C11H11N7OS/c1-2-10(14-18-9(1)13-15-16-18)17-4-5-19-8(7-17)11-12-3-6-20-11/h1-3,6,8H,4-5,7H2/t8-/m0/s1. The van der Waals surface area contributed by atoms with E-state index in [1.165, 1.54) is 4.63 Å². The van der Waals surface area contributed by atoms with E-state index in [2.05, 4.69) is 30.5 Å². The highest BCUT2D eigenvalue weighted by Gasteiger charge is 2.25. The zero-order valence-corrected chi connectivity index (χ0v) is 11.3. The second-order valence-corrected chi connectivity index (χ2v) is 5.32. The largest absolute Gasteiger partial charge is 0.367 e. The zero-order chi connectivity index (χ0) is 13.4. The molecule has 0 N–H and O–H groups in total. The molecule has 1 fully saturated rings. The Morgan fingerprint density at radius 2 is 2.35 bits per heavy atom. The summed E-state index contributed by atoms with van der Waals surface area (Å²) in [5.74, 6) is 0.842. The predicted octanol–water partition coefficient (Wildman–Crippen LogP) is 0.554. The summed E-state index contributed by atoms with van der Waals surface area (Å²) < 4.78 is 7.21. The van der Waals surface area contributed by atoms with Gasteiger partial charge in [-0.1, -0.05) is 0 Å². The summed E-state index contributed by atoms with van der Waals surface area (Å²) in [5, 5.41) is 18.6. The molecule has 0 unspecified atom stereocenters. The summed E-state index contributed by atoms with van der Waals surface area (Å²) in [6, 6.07) is 3.78. The molecule has 4 heterocycles. The highest BCUT2D eigenvalue weighted by molar-refractivity contribution is 7.09. The van der Waals surface area contributed by atoms with Gasteiger partial charge in [0, 0.05) is 18.1 Å². The van der Waals surface area contributed by atoms with Gasteiger partial charge in [-0.05, 0) is 22.6 Å². The minimum Gasteiger partial charge on any atom is -0.367 e. The molecule has 9 heteroatoms. The third-order valence-electron chi connectivity index (χ3n) is 3.17. The van der Waals surface area contributed by atoms with Crippen molar-refractivity contribution in [2.45, 2.75) is 6.10 Å². The number of fused-ring (bicyclic) bond motifs is 1. The maximum absolute atomic E-state index is 5.78. The minimum atomic E-state index is -0.00452. The Balaban J connectivity index is 1.61. The maximum atomic E-state index is 5.78. The Labute approximate surface area is 118 Å². The van der Waals surface area contributed by atoms with Crippen LogP contribution in [0.25, 0.3) is 5.65 Å². The van der Waals surface area contributed by atoms with Crippen LogP contribution in [-0.4, -0.2) is 49.9 Å². The van der Waals surface area contributed by atoms with Crippen LogP contribution >= 0.6 is 11.3 Å². The summed E-state index contributed by atoms with van der Waals surface area (Å²) in [5.41, 5.74) is 0.637. The molecule has 1 aliphatic heterocycles. The molecule has 0 aromatic carbocycles. The third-order valence-corrected chi connectivity index (χ3v) is 4.04. The number of morpholine rings is 1. The molecule has 3 aromatic heterocycles. The van der Waals surface area contributed by atoms with E-state index in [1.54, 1.807) is 17.5 Å². The Morgan fingerprint density at radius 1 is 1.35 bits per heavy atom. The number of hydrogen-bond acceptors (Lipinski definition) is 8. The normalized spacial score (nSPS) is 19.6. The van der Waals surface area contributed by atoms with E-state index < -0.39 is 0 Å². The second-order valence-electron chi connectivity index (χ2n) is 4.39. The van der Waals surface area contributed by atoms with Crippen LogP contribution in [0.3, 0.4) is 0 Å².